The lowest BCUT2D eigenvalue weighted by molar-refractivity contribution is 0.0993. The highest BCUT2D eigenvalue weighted by molar-refractivity contribution is 7.89. The summed E-state index contributed by atoms with van der Waals surface area (Å²) < 4.78 is 31.4. The van der Waals surface area contributed by atoms with E-state index in [4.69, 9.17) is 10.3 Å². The summed E-state index contributed by atoms with van der Waals surface area (Å²) in [5.41, 5.74) is 5.25. The van der Waals surface area contributed by atoms with Crippen LogP contribution in [0.4, 0.5) is 0 Å². The van der Waals surface area contributed by atoms with Crippen LogP contribution >= 0.6 is 0 Å². The van der Waals surface area contributed by atoms with Crippen molar-refractivity contribution in [2.45, 2.75) is 18.7 Å². The molecule has 0 fully saturated rings. The summed E-state index contributed by atoms with van der Waals surface area (Å²) in [6.07, 6.45) is 0. The fourth-order valence-electron chi connectivity index (χ4n) is 2.05. The summed E-state index contributed by atoms with van der Waals surface area (Å²) in [5, 5.41) is 3.68. The first kappa shape index (κ1) is 14.5. The van der Waals surface area contributed by atoms with Gasteiger partial charge in [0.2, 0.25) is 10.0 Å². The molecule has 0 aliphatic heterocycles. The molecule has 7 nitrogen and oxygen atoms in total. The van der Waals surface area contributed by atoms with Gasteiger partial charge in [0.15, 0.2) is 11.3 Å². The van der Waals surface area contributed by atoms with Crippen molar-refractivity contribution in [3.8, 4) is 0 Å². The van der Waals surface area contributed by atoms with E-state index < -0.39 is 15.9 Å². The van der Waals surface area contributed by atoms with Gasteiger partial charge in [-0.2, -0.15) is 4.31 Å². The fraction of sp³-hybridized carbons (Fsp3) is 0.333. The van der Waals surface area contributed by atoms with Crippen molar-refractivity contribution in [2.75, 3.05) is 13.1 Å². The lowest BCUT2D eigenvalue weighted by Gasteiger charge is -2.18. The van der Waals surface area contributed by atoms with Crippen LogP contribution in [0.1, 0.15) is 24.3 Å². The molecular formula is C12H15N3O4S. The Morgan fingerprint density at radius 2 is 2.00 bits per heavy atom. The number of benzene rings is 1. The zero-order valence-corrected chi connectivity index (χ0v) is 12.0. The van der Waals surface area contributed by atoms with Crippen LogP contribution in [0.3, 0.4) is 0 Å². The van der Waals surface area contributed by atoms with Gasteiger partial charge in [-0.25, -0.2) is 8.42 Å². The Morgan fingerprint density at radius 3 is 2.55 bits per heavy atom. The number of fused-ring (bicyclic) bond motifs is 1. The Labute approximate surface area is 116 Å². The average Bonchev–Trinajstić information content (AvgIpc) is 2.83. The summed E-state index contributed by atoms with van der Waals surface area (Å²) in [5.74, 6) is -0.828. The van der Waals surface area contributed by atoms with Gasteiger partial charge < -0.3 is 10.3 Å². The Hall–Kier alpha value is -1.93. The maximum Gasteiger partial charge on any atom is 0.271 e. The topological polar surface area (TPSA) is 106 Å². The smallest absolute Gasteiger partial charge is 0.271 e. The number of nitrogens with zero attached hydrogens (tertiary/aromatic N) is 2. The molecule has 0 aliphatic carbocycles. The maximum absolute atomic E-state index is 12.6. The third-order valence-corrected chi connectivity index (χ3v) is 5.11. The molecule has 0 saturated carbocycles. The number of hydrogen-bond acceptors (Lipinski definition) is 5. The number of hydrogen-bond donors (Lipinski definition) is 1. The van der Waals surface area contributed by atoms with Crippen molar-refractivity contribution < 1.29 is 17.7 Å². The van der Waals surface area contributed by atoms with Crippen molar-refractivity contribution in [3.63, 3.8) is 0 Å². The summed E-state index contributed by atoms with van der Waals surface area (Å²) in [6, 6.07) is 4.49. The van der Waals surface area contributed by atoms with E-state index in [0.717, 1.165) is 0 Å². The van der Waals surface area contributed by atoms with E-state index in [0.29, 0.717) is 13.1 Å². The van der Waals surface area contributed by atoms with Crippen LogP contribution in [0, 0.1) is 0 Å². The van der Waals surface area contributed by atoms with Crippen LogP contribution in [-0.2, 0) is 10.0 Å². The molecule has 0 spiro atoms. The molecule has 8 heteroatoms. The number of rotatable bonds is 5. The lowest BCUT2D eigenvalue weighted by Crippen LogP contribution is -2.31. The standard InChI is InChI=1S/C12H15N3O4S/c1-3-15(4-2)20(17,18)9-7-5-6-8-10(9)11(12(13)16)14-19-8/h5-7H,3-4H2,1-2H3,(H2,13,16). The second-order valence-corrected chi connectivity index (χ2v) is 6.02. The highest BCUT2D eigenvalue weighted by Gasteiger charge is 2.28. The minimum absolute atomic E-state index is 0.0197. The Morgan fingerprint density at radius 1 is 1.35 bits per heavy atom. The molecule has 2 N–H and O–H groups in total. The Balaban J connectivity index is 2.78. The van der Waals surface area contributed by atoms with Gasteiger partial charge in [-0.05, 0) is 12.1 Å². The number of aromatic nitrogens is 1. The quantitative estimate of drug-likeness (QED) is 0.884. The molecule has 108 valence electrons. The predicted octanol–water partition coefficient (Wildman–Crippen LogP) is 0.957. The molecular weight excluding hydrogens is 282 g/mol. The van der Waals surface area contributed by atoms with Gasteiger partial charge in [0, 0.05) is 13.1 Å². The van der Waals surface area contributed by atoms with Gasteiger partial charge in [0.1, 0.15) is 0 Å². The summed E-state index contributed by atoms with van der Waals surface area (Å²) >= 11 is 0. The first-order chi connectivity index (χ1) is 9.43. The summed E-state index contributed by atoms with van der Waals surface area (Å²) in [6.45, 7) is 4.13. The number of amides is 1. The highest BCUT2D eigenvalue weighted by Crippen LogP contribution is 2.28. The van der Waals surface area contributed by atoms with Crippen molar-refractivity contribution >= 4 is 26.9 Å². The molecule has 1 amide bonds. The van der Waals surface area contributed by atoms with Crippen LogP contribution in [0.15, 0.2) is 27.6 Å². The number of carbonyl (C=O) groups excluding carboxylic acids is 1. The molecule has 0 atom stereocenters. The van der Waals surface area contributed by atoms with Gasteiger partial charge in [0.05, 0.1) is 10.3 Å². The molecule has 2 rings (SSSR count). The van der Waals surface area contributed by atoms with E-state index in [1.807, 2.05) is 0 Å². The maximum atomic E-state index is 12.6. The molecule has 2 aromatic rings. The van der Waals surface area contributed by atoms with E-state index >= 15 is 0 Å². The van der Waals surface area contributed by atoms with Gasteiger partial charge in [0.25, 0.3) is 5.91 Å². The Kier molecular flexibility index (Phi) is 3.78. The summed E-state index contributed by atoms with van der Waals surface area (Å²) in [7, 11) is -3.73. The average molecular weight is 297 g/mol. The highest BCUT2D eigenvalue weighted by atomic mass is 32.2. The van der Waals surface area contributed by atoms with Gasteiger partial charge in [-0.15, -0.1) is 0 Å². The number of primary amides is 1. The second kappa shape index (κ2) is 5.22. The van der Waals surface area contributed by atoms with E-state index in [1.54, 1.807) is 13.8 Å². The molecule has 0 unspecified atom stereocenters. The zero-order valence-electron chi connectivity index (χ0n) is 11.2. The molecule has 0 saturated heterocycles. The van der Waals surface area contributed by atoms with Crippen LogP contribution in [-0.4, -0.2) is 36.9 Å². The number of sulfonamides is 1. The van der Waals surface area contributed by atoms with Gasteiger partial charge in [-0.1, -0.05) is 25.1 Å². The normalized spacial score (nSPS) is 12.2. The van der Waals surface area contributed by atoms with Crippen LogP contribution in [0.2, 0.25) is 0 Å². The van der Waals surface area contributed by atoms with Gasteiger partial charge >= 0.3 is 0 Å². The van der Waals surface area contributed by atoms with Crippen molar-refractivity contribution in [3.05, 3.63) is 23.9 Å². The minimum Gasteiger partial charge on any atom is -0.364 e. The fourth-order valence-corrected chi connectivity index (χ4v) is 3.71. The van der Waals surface area contributed by atoms with Crippen molar-refractivity contribution in [1.82, 2.24) is 9.46 Å². The molecule has 1 aromatic carbocycles. The van der Waals surface area contributed by atoms with Crippen LogP contribution in [0.5, 0.6) is 0 Å². The van der Waals surface area contributed by atoms with E-state index in [-0.39, 0.29) is 21.6 Å². The molecule has 1 aromatic heterocycles. The summed E-state index contributed by atoms with van der Waals surface area (Å²) in [4.78, 5) is 11.3. The number of nitrogens with two attached hydrogens (primary N) is 1. The third kappa shape index (κ3) is 2.16. The second-order valence-electron chi connectivity index (χ2n) is 4.11. The number of carbonyl (C=O) groups is 1. The predicted molar refractivity (Wildman–Crippen MR) is 72.6 cm³/mol. The van der Waals surface area contributed by atoms with Crippen LogP contribution in [0.25, 0.3) is 11.0 Å². The van der Waals surface area contributed by atoms with E-state index in [2.05, 4.69) is 5.16 Å². The zero-order chi connectivity index (χ0) is 14.9. The monoisotopic (exact) mass is 297 g/mol. The molecule has 1 heterocycles. The first-order valence-electron chi connectivity index (χ1n) is 6.11. The van der Waals surface area contributed by atoms with Crippen LogP contribution < -0.4 is 5.73 Å². The Bertz CT molecular complexity index is 747. The van der Waals surface area contributed by atoms with Gasteiger partial charge in [-0.3, -0.25) is 4.79 Å². The van der Waals surface area contributed by atoms with E-state index in [1.165, 1.54) is 22.5 Å². The molecule has 0 radical (unpaired) electrons. The lowest BCUT2D eigenvalue weighted by atomic mass is 10.2. The van der Waals surface area contributed by atoms with E-state index in [9.17, 15) is 13.2 Å². The minimum atomic E-state index is -3.73. The van der Waals surface area contributed by atoms with Crippen molar-refractivity contribution in [2.24, 2.45) is 5.73 Å². The third-order valence-electron chi connectivity index (χ3n) is 3.02. The molecule has 20 heavy (non-hydrogen) atoms. The largest absolute Gasteiger partial charge is 0.364 e. The first-order valence-corrected chi connectivity index (χ1v) is 7.55. The van der Waals surface area contributed by atoms with Crippen molar-refractivity contribution in [1.29, 1.82) is 0 Å². The molecule has 0 bridgehead atoms. The molecule has 0 aliphatic rings. The SMILES string of the molecule is CCN(CC)S(=O)(=O)c1cccc2onc(C(N)=O)c12.